The minimum atomic E-state index is -0.305. The number of nitrogens with zero attached hydrogens (tertiary/aromatic N) is 1. The molecule has 0 unspecified atom stereocenters. The number of methoxy groups -OCH3 is 2. The number of anilines is 2. The summed E-state index contributed by atoms with van der Waals surface area (Å²) in [6.07, 6.45) is 1.87. The van der Waals surface area contributed by atoms with E-state index in [0.717, 1.165) is 12.8 Å². The van der Waals surface area contributed by atoms with Gasteiger partial charge in [0.25, 0.3) is 11.8 Å². The molecule has 28 heavy (non-hydrogen) atoms. The third-order valence-electron chi connectivity index (χ3n) is 4.51. The topological polar surface area (TPSA) is 77.1 Å². The van der Waals surface area contributed by atoms with Gasteiger partial charge < -0.3 is 24.4 Å². The van der Waals surface area contributed by atoms with Crippen LogP contribution in [0.4, 0.5) is 11.4 Å². The molecular weight excluding hydrogens is 360 g/mol. The standard InChI is InChI=1S/C21H24N2O5/c1-4-5-8-23-18-11-15(6-7-19(18)28-13-20(23)24)22-21(25)14-9-16(26-2)12-17(10-14)27-3/h6-7,9-12H,4-5,8,13H2,1-3H3,(H,22,25). The van der Waals surface area contributed by atoms with E-state index in [4.69, 9.17) is 14.2 Å². The van der Waals surface area contributed by atoms with Crippen molar-refractivity contribution in [3.63, 3.8) is 0 Å². The highest BCUT2D eigenvalue weighted by Crippen LogP contribution is 2.35. The van der Waals surface area contributed by atoms with Crippen molar-refractivity contribution in [2.24, 2.45) is 0 Å². The van der Waals surface area contributed by atoms with E-state index in [-0.39, 0.29) is 18.4 Å². The molecule has 0 aromatic heterocycles. The average molecular weight is 384 g/mol. The Balaban J connectivity index is 1.84. The third-order valence-corrected chi connectivity index (χ3v) is 4.51. The van der Waals surface area contributed by atoms with Crippen molar-refractivity contribution in [2.45, 2.75) is 19.8 Å². The smallest absolute Gasteiger partial charge is 0.265 e. The summed E-state index contributed by atoms with van der Waals surface area (Å²) >= 11 is 0. The molecule has 0 fully saturated rings. The molecule has 1 aliphatic heterocycles. The Hall–Kier alpha value is -3.22. The van der Waals surface area contributed by atoms with Crippen LogP contribution in [0.15, 0.2) is 36.4 Å². The molecule has 7 heteroatoms. The fourth-order valence-electron chi connectivity index (χ4n) is 2.98. The van der Waals surface area contributed by atoms with E-state index in [1.54, 1.807) is 41.3 Å². The van der Waals surface area contributed by atoms with Crippen molar-refractivity contribution < 1.29 is 23.8 Å². The van der Waals surface area contributed by atoms with Crippen molar-refractivity contribution in [3.8, 4) is 17.2 Å². The number of ether oxygens (including phenoxy) is 3. The molecule has 1 N–H and O–H groups in total. The van der Waals surface area contributed by atoms with Crippen LogP contribution in [0.2, 0.25) is 0 Å². The summed E-state index contributed by atoms with van der Waals surface area (Å²) in [6, 6.07) is 10.2. The summed E-state index contributed by atoms with van der Waals surface area (Å²) in [5.74, 6) is 1.30. The van der Waals surface area contributed by atoms with Gasteiger partial charge in [-0.05, 0) is 36.8 Å². The number of benzene rings is 2. The molecule has 1 heterocycles. The summed E-state index contributed by atoms with van der Waals surface area (Å²) in [6.45, 7) is 2.73. The average Bonchev–Trinajstić information content (AvgIpc) is 2.72. The van der Waals surface area contributed by atoms with Crippen molar-refractivity contribution >= 4 is 23.2 Å². The highest BCUT2D eigenvalue weighted by molar-refractivity contribution is 6.06. The largest absolute Gasteiger partial charge is 0.497 e. The van der Waals surface area contributed by atoms with E-state index in [0.29, 0.717) is 40.7 Å². The SMILES string of the molecule is CCCCN1C(=O)COc2ccc(NC(=O)c3cc(OC)cc(OC)c3)cc21. The molecule has 0 bridgehead atoms. The Morgan fingerprint density at radius 2 is 1.86 bits per heavy atom. The maximum atomic E-state index is 12.7. The van der Waals surface area contributed by atoms with E-state index in [1.165, 1.54) is 14.2 Å². The van der Waals surface area contributed by atoms with Gasteiger partial charge in [-0.3, -0.25) is 9.59 Å². The van der Waals surface area contributed by atoms with Gasteiger partial charge in [-0.1, -0.05) is 13.3 Å². The summed E-state index contributed by atoms with van der Waals surface area (Å²) in [5.41, 5.74) is 1.65. The lowest BCUT2D eigenvalue weighted by molar-refractivity contribution is -0.121. The van der Waals surface area contributed by atoms with E-state index < -0.39 is 0 Å². The normalized spacial score (nSPS) is 12.8. The lowest BCUT2D eigenvalue weighted by atomic mass is 10.1. The highest BCUT2D eigenvalue weighted by atomic mass is 16.5. The van der Waals surface area contributed by atoms with Gasteiger partial charge >= 0.3 is 0 Å². The molecule has 2 aromatic carbocycles. The summed E-state index contributed by atoms with van der Waals surface area (Å²) in [4.78, 5) is 26.7. The van der Waals surface area contributed by atoms with E-state index in [1.807, 2.05) is 0 Å². The zero-order chi connectivity index (χ0) is 20.1. The van der Waals surface area contributed by atoms with Crippen LogP contribution in [0.25, 0.3) is 0 Å². The minimum absolute atomic E-state index is 0.0338. The molecule has 2 amide bonds. The molecule has 0 saturated heterocycles. The molecular formula is C21H24N2O5. The van der Waals surface area contributed by atoms with Gasteiger partial charge in [0.15, 0.2) is 6.61 Å². The summed E-state index contributed by atoms with van der Waals surface area (Å²) < 4.78 is 15.9. The lowest BCUT2D eigenvalue weighted by Gasteiger charge is -2.29. The third kappa shape index (κ3) is 4.19. The molecule has 0 aliphatic carbocycles. The molecule has 1 aliphatic rings. The maximum Gasteiger partial charge on any atom is 0.265 e. The van der Waals surface area contributed by atoms with Crippen molar-refractivity contribution in [1.82, 2.24) is 0 Å². The first-order valence-corrected chi connectivity index (χ1v) is 9.17. The van der Waals surface area contributed by atoms with Crippen molar-refractivity contribution in [1.29, 1.82) is 0 Å². The van der Waals surface area contributed by atoms with E-state index in [2.05, 4.69) is 12.2 Å². The first kappa shape index (κ1) is 19.5. The highest BCUT2D eigenvalue weighted by Gasteiger charge is 2.25. The number of fused-ring (bicyclic) bond motifs is 1. The van der Waals surface area contributed by atoms with Crippen molar-refractivity contribution in [2.75, 3.05) is 37.6 Å². The van der Waals surface area contributed by atoms with Crippen LogP contribution in [-0.2, 0) is 4.79 Å². The predicted octanol–water partition coefficient (Wildman–Crippen LogP) is 3.48. The molecule has 0 saturated carbocycles. The van der Waals surface area contributed by atoms with Crippen LogP contribution < -0.4 is 24.4 Å². The molecule has 0 atom stereocenters. The van der Waals surface area contributed by atoms with Gasteiger partial charge in [0.1, 0.15) is 17.2 Å². The zero-order valence-corrected chi connectivity index (χ0v) is 16.3. The monoisotopic (exact) mass is 384 g/mol. The van der Waals surface area contributed by atoms with Gasteiger partial charge in [0.2, 0.25) is 0 Å². The Morgan fingerprint density at radius 3 is 2.50 bits per heavy atom. The van der Waals surface area contributed by atoms with Crippen LogP contribution in [0.1, 0.15) is 30.1 Å². The molecule has 0 radical (unpaired) electrons. The first-order chi connectivity index (χ1) is 13.5. The molecule has 7 nitrogen and oxygen atoms in total. The molecule has 148 valence electrons. The number of rotatable bonds is 7. The fraction of sp³-hybridized carbons (Fsp3) is 0.333. The van der Waals surface area contributed by atoms with E-state index >= 15 is 0 Å². The minimum Gasteiger partial charge on any atom is -0.497 e. The Morgan fingerprint density at radius 1 is 1.14 bits per heavy atom. The second kappa shape index (κ2) is 8.65. The van der Waals surface area contributed by atoms with E-state index in [9.17, 15) is 9.59 Å². The number of carbonyl (C=O) groups is 2. The van der Waals surface area contributed by atoms with Crippen LogP contribution in [0.5, 0.6) is 17.2 Å². The Labute approximate surface area is 164 Å². The quantitative estimate of drug-likeness (QED) is 0.791. The second-order valence-corrected chi connectivity index (χ2v) is 6.43. The number of carbonyl (C=O) groups excluding carboxylic acids is 2. The molecule has 3 rings (SSSR count). The number of amides is 2. The number of unbranched alkanes of at least 4 members (excludes halogenated alkanes) is 1. The predicted molar refractivity (Wildman–Crippen MR) is 107 cm³/mol. The van der Waals surface area contributed by atoms with Crippen LogP contribution in [0, 0.1) is 0 Å². The fourth-order valence-corrected chi connectivity index (χ4v) is 2.98. The lowest BCUT2D eigenvalue weighted by Crippen LogP contribution is -2.39. The van der Waals surface area contributed by atoms with Gasteiger partial charge in [0.05, 0.1) is 19.9 Å². The number of hydrogen-bond acceptors (Lipinski definition) is 5. The zero-order valence-electron chi connectivity index (χ0n) is 16.3. The van der Waals surface area contributed by atoms with Crippen LogP contribution >= 0.6 is 0 Å². The number of hydrogen-bond donors (Lipinski definition) is 1. The molecule has 0 spiro atoms. The second-order valence-electron chi connectivity index (χ2n) is 6.43. The molecule has 2 aromatic rings. The first-order valence-electron chi connectivity index (χ1n) is 9.17. The maximum absolute atomic E-state index is 12.7. The summed E-state index contributed by atoms with van der Waals surface area (Å²) in [5, 5.41) is 2.86. The van der Waals surface area contributed by atoms with Gasteiger partial charge in [-0.25, -0.2) is 0 Å². The Bertz CT molecular complexity index is 859. The summed E-state index contributed by atoms with van der Waals surface area (Å²) in [7, 11) is 3.06. The number of nitrogens with one attached hydrogen (secondary N) is 1. The van der Waals surface area contributed by atoms with Gasteiger partial charge in [-0.15, -0.1) is 0 Å². The Kier molecular flexibility index (Phi) is 6.03. The van der Waals surface area contributed by atoms with Crippen molar-refractivity contribution in [3.05, 3.63) is 42.0 Å². The van der Waals surface area contributed by atoms with Gasteiger partial charge in [-0.2, -0.15) is 0 Å². The van der Waals surface area contributed by atoms with Gasteiger partial charge in [0, 0.05) is 23.9 Å². The van der Waals surface area contributed by atoms with Crippen LogP contribution in [0.3, 0.4) is 0 Å². The van der Waals surface area contributed by atoms with Crippen LogP contribution in [-0.4, -0.2) is 39.2 Å².